The van der Waals surface area contributed by atoms with E-state index in [2.05, 4.69) is 36.9 Å². The number of rotatable bonds is 28. The number of amides is 6. The Bertz CT molecular complexity index is 1450. The van der Waals surface area contributed by atoms with E-state index in [1.165, 1.54) is 13.8 Å². The fourth-order valence-corrected chi connectivity index (χ4v) is 5.68. The number of carbonyl (C=O) groups excluding carboxylic acids is 6. The largest absolute Gasteiger partial charge is 0.481 e. The Morgan fingerprint density at radius 1 is 0.576 bits per heavy atom. The minimum Gasteiger partial charge on any atom is -0.481 e. The summed E-state index contributed by atoms with van der Waals surface area (Å²) in [5.74, 6) is -9.13. The lowest BCUT2D eigenvalue weighted by Gasteiger charge is -2.30. The Morgan fingerprint density at radius 2 is 1.02 bits per heavy atom. The number of aliphatic hydroxyl groups excluding tert-OH is 2. The van der Waals surface area contributed by atoms with Crippen molar-refractivity contribution in [3.8, 4) is 0 Å². The number of carbonyl (C=O) groups is 8. The number of guanidine groups is 1. The maximum atomic E-state index is 13.9. The van der Waals surface area contributed by atoms with Gasteiger partial charge in [0.15, 0.2) is 5.96 Å². The molecule has 0 spiro atoms. The number of carboxylic acid groups (broad SMARTS) is 2. The van der Waals surface area contributed by atoms with E-state index < -0.39 is 121 Å². The van der Waals surface area contributed by atoms with Crippen molar-refractivity contribution in [2.75, 3.05) is 6.54 Å². The number of hydrogen-bond donors (Lipinski definition) is 13. The smallest absolute Gasteiger partial charge is 0.326 e. The molecule has 0 aliphatic rings. The van der Waals surface area contributed by atoms with Crippen LogP contribution in [0.15, 0.2) is 4.99 Å². The molecule has 0 bridgehead atoms. The molecule has 0 radical (unpaired) electrons. The van der Waals surface area contributed by atoms with Gasteiger partial charge >= 0.3 is 11.9 Å². The molecular formula is C37H68N10O12. The van der Waals surface area contributed by atoms with Gasteiger partial charge in [0.25, 0.3) is 0 Å². The number of aliphatic carboxylic acids is 2. The van der Waals surface area contributed by atoms with Gasteiger partial charge in [0.2, 0.25) is 35.4 Å². The van der Waals surface area contributed by atoms with Gasteiger partial charge in [-0.15, -0.1) is 0 Å². The van der Waals surface area contributed by atoms with Crippen LogP contribution in [-0.4, -0.2) is 135 Å². The van der Waals surface area contributed by atoms with Crippen LogP contribution in [0.4, 0.5) is 0 Å². The van der Waals surface area contributed by atoms with E-state index in [0.717, 1.165) is 0 Å². The zero-order valence-electron chi connectivity index (χ0n) is 35.3. The lowest BCUT2D eigenvalue weighted by atomic mass is 9.96. The molecule has 59 heavy (non-hydrogen) atoms. The quantitative estimate of drug-likeness (QED) is 0.0214. The average Bonchev–Trinajstić information content (AvgIpc) is 3.12. The minimum atomic E-state index is -1.69. The van der Waals surface area contributed by atoms with E-state index in [1.807, 2.05) is 13.8 Å². The zero-order valence-corrected chi connectivity index (χ0v) is 35.3. The Balaban J connectivity index is 6.42. The highest BCUT2D eigenvalue weighted by molar-refractivity contribution is 5.97. The van der Waals surface area contributed by atoms with E-state index in [0.29, 0.717) is 12.8 Å². The molecule has 0 saturated carbocycles. The normalized spacial score (nSPS) is 16.4. The third-order valence-electron chi connectivity index (χ3n) is 9.16. The van der Waals surface area contributed by atoms with Crippen molar-refractivity contribution in [2.45, 2.75) is 155 Å². The number of nitrogens with zero attached hydrogens (tertiary/aromatic N) is 1. The highest BCUT2D eigenvalue weighted by Crippen LogP contribution is 2.13. The molecule has 338 valence electrons. The van der Waals surface area contributed by atoms with Crippen LogP contribution in [0.3, 0.4) is 0 Å². The molecule has 0 heterocycles. The van der Waals surface area contributed by atoms with Crippen LogP contribution in [-0.2, 0) is 38.4 Å². The molecule has 22 nitrogen and oxygen atoms in total. The van der Waals surface area contributed by atoms with Crippen molar-refractivity contribution in [2.24, 2.45) is 39.9 Å². The molecule has 0 aromatic heterocycles. The summed E-state index contributed by atoms with van der Waals surface area (Å²) in [4.78, 5) is 107. The highest BCUT2D eigenvalue weighted by Gasteiger charge is 2.37. The second kappa shape index (κ2) is 26.8. The fraction of sp³-hybridized carbons (Fsp3) is 0.757. The SMILES string of the molecule is CC[C@H](C)[C@H](NC(=O)[C@H](CCCN=C(N)N)NC(=O)[C@@H](NC(=O)[C@@H](N)CC(C)C)[C@@H](C)O)C(=O)N[C@H](C(=O)N[C@@H](CC(C)C)C(=O)N[C@@H](CCC(=O)O)C(=O)O)[C@@H](C)O. The Hall–Kier alpha value is -5.09. The zero-order chi connectivity index (χ0) is 45.7. The first-order valence-corrected chi connectivity index (χ1v) is 19.8. The minimum absolute atomic E-state index is 0.00446. The summed E-state index contributed by atoms with van der Waals surface area (Å²) in [6, 6.07) is -9.86. The molecule has 10 atom stereocenters. The van der Waals surface area contributed by atoms with Gasteiger partial charge in [-0.25, -0.2) is 4.79 Å². The molecule has 0 aromatic rings. The van der Waals surface area contributed by atoms with Crippen molar-refractivity contribution in [1.29, 1.82) is 0 Å². The van der Waals surface area contributed by atoms with Gasteiger partial charge in [-0.3, -0.25) is 38.6 Å². The van der Waals surface area contributed by atoms with E-state index in [1.54, 1.807) is 27.7 Å². The number of hydrogen-bond acceptors (Lipinski definition) is 12. The van der Waals surface area contributed by atoms with Crippen LogP contribution in [0.2, 0.25) is 0 Å². The molecule has 0 fully saturated rings. The van der Waals surface area contributed by atoms with Gasteiger partial charge in [0.05, 0.1) is 18.2 Å². The average molecular weight is 845 g/mol. The van der Waals surface area contributed by atoms with Crippen LogP contribution in [0, 0.1) is 17.8 Å². The van der Waals surface area contributed by atoms with E-state index in [4.69, 9.17) is 22.3 Å². The first-order chi connectivity index (χ1) is 27.3. The van der Waals surface area contributed by atoms with Gasteiger partial charge in [-0.1, -0.05) is 48.0 Å². The molecule has 0 saturated heterocycles. The Labute approximate surface area is 345 Å². The van der Waals surface area contributed by atoms with Crippen molar-refractivity contribution >= 4 is 53.3 Å². The van der Waals surface area contributed by atoms with Crippen molar-refractivity contribution in [1.82, 2.24) is 31.9 Å². The fourth-order valence-electron chi connectivity index (χ4n) is 5.68. The van der Waals surface area contributed by atoms with Crippen molar-refractivity contribution in [3.63, 3.8) is 0 Å². The summed E-state index contributed by atoms with van der Waals surface area (Å²) in [5, 5.41) is 54.1. The maximum Gasteiger partial charge on any atom is 0.326 e. The number of nitrogens with two attached hydrogens (primary N) is 3. The van der Waals surface area contributed by atoms with Crippen LogP contribution >= 0.6 is 0 Å². The summed E-state index contributed by atoms with van der Waals surface area (Å²) >= 11 is 0. The number of nitrogens with one attached hydrogen (secondary N) is 6. The summed E-state index contributed by atoms with van der Waals surface area (Å²) in [7, 11) is 0. The first kappa shape index (κ1) is 53.9. The van der Waals surface area contributed by atoms with Crippen LogP contribution in [0.25, 0.3) is 0 Å². The lowest BCUT2D eigenvalue weighted by molar-refractivity contribution is -0.143. The molecule has 0 aliphatic heterocycles. The van der Waals surface area contributed by atoms with Gasteiger partial charge in [-0.2, -0.15) is 0 Å². The second-order valence-electron chi connectivity index (χ2n) is 15.6. The van der Waals surface area contributed by atoms with Gasteiger partial charge in [0.1, 0.15) is 36.3 Å². The molecule has 16 N–H and O–H groups in total. The standard InChI is InChI=1S/C37H68N10O12/c1-9-19(6)27(33(55)47-29(21(8)49)35(57)44-25(16-18(4)5)32(54)43-24(36(58)59)12-13-26(50)51)45-31(53)23(11-10-14-41-37(39)40)42-34(56)28(20(7)48)46-30(52)22(38)15-17(2)3/h17-25,27-29,48-49H,9-16,38H2,1-8H3,(H,42,56)(H,43,54)(H,44,57)(H,45,53)(H,46,52)(H,47,55)(H,50,51)(H,58,59)(H4,39,40,41)/t19-,20+,21+,22-,23-,24-,25-,27-,28-,29-/m0/s1. The molecule has 0 aliphatic carbocycles. The summed E-state index contributed by atoms with van der Waals surface area (Å²) in [6.07, 6.45) is -3.26. The Kier molecular flexibility index (Phi) is 24.5. The van der Waals surface area contributed by atoms with Gasteiger partial charge < -0.3 is 69.5 Å². The third kappa shape index (κ3) is 20.9. The predicted molar refractivity (Wildman–Crippen MR) is 216 cm³/mol. The summed E-state index contributed by atoms with van der Waals surface area (Å²) < 4.78 is 0. The van der Waals surface area contributed by atoms with Crippen LogP contribution in [0.5, 0.6) is 0 Å². The molecule has 6 amide bonds. The molecule has 22 heteroatoms. The molecule has 0 unspecified atom stereocenters. The van der Waals surface area contributed by atoms with Crippen molar-refractivity contribution in [3.05, 3.63) is 0 Å². The monoisotopic (exact) mass is 845 g/mol. The lowest BCUT2D eigenvalue weighted by Crippen LogP contribution is -2.63. The topological polar surface area (TPSA) is 380 Å². The number of aliphatic imine (C=N–C) groups is 1. The molecular weight excluding hydrogens is 776 g/mol. The van der Waals surface area contributed by atoms with Crippen LogP contribution < -0.4 is 49.1 Å². The third-order valence-corrected chi connectivity index (χ3v) is 9.16. The number of carboxylic acids is 2. The maximum absolute atomic E-state index is 13.9. The summed E-state index contributed by atoms with van der Waals surface area (Å²) in [5.41, 5.74) is 16.8. The van der Waals surface area contributed by atoms with Crippen LogP contribution in [0.1, 0.15) is 100 Å². The van der Waals surface area contributed by atoms with Crippen molar-refractivity contribution < 1.29 is 58.8 Å². The molecule has 0 rings (SSSR count). The number of aliphatic hydroxyl groups is 2. The highest BCUT2D eigenvalue weighted by atomic mass is 16.4. The van der Waals surface area contributed by atoms with E-state index >= 15 is 0 Å². The first-order valence-electron chi connectivity index (χ1n) is 19.8. The van der Waals surface area contributed by atoms with Gasteiger partial charge in [-0.05, 0) is 63.7 Å². The van der Waals surface area contributed by atoms with E-state index in [9.17, 15) is 53.7 Å². The Morgan fingerprint density at radius 3 is 1.46 bits per heavy atom. The summed E-state index contributed by atoms with van der Waals surface area (Å²) in [6.45, 7) is 13.0. The van der Waals surface area contributed by atoms with E-state index in [-0.39, 0.29) is 43.6 Å². The second-order valence-corrected chi connectivity index (χ2v) is 15.6. The van der Waals surface area contributed by atoms with Gasteiger partial charge in [0, 0.05) is 13.0 Å². The predicted octanol–water partition coefficient (Wildman–Crippen LogP) is -2.87. The molecule has 0 aromatic carbocycles.